The Balaban J connectivity index is 2.26. The van der Waals surface area contributed by atoms with E-state index in [4.69, 9.17) is 9.47 Å². The summed E-state index contributed by atoms with van der Waals surface area (Å²) in [7, 11) is 3.06. The molecule has 32 heavy (non-hydrogen) atoms. The largest absolute Gasteiger partial charge is 0.508 e. The molecular weight excluding hydrogens is 412 g/mol. The van der Waals surface area contributed by atoms with Gasteiger partial charge in [-0.1, -0.05) is 30.4 Å². The van der Waals surface area contributed by atoms with Crippen molar-refractivity contribution >= 4 is 17.9 Å². The van der Waals surface area contributed by atoms with Gasteiger partial charge in [-0.05, 0) is 52.6 Å². The molecule has 0 aliphatic heterocycles. The summed E-state index contributed by atoms with van der Waals surface area (Å²) in [5.74, 6) is 0.393. The Morgan fingerprint density at radius 2 is 1.47 bits per heavy atom. The van der Waals surface area contributed by atoms with E-state index >= 15 is 0 Å². The van der Waals surface area contributed by atoms with Crippen LogP contribution in [0.15, 0.2) is 59.9 Å². The molecule has 0 fully saturated rings. The van der Waals surface area contributed by atoms with Gasteiger partial charge in [-0.25, -0.2) is 0 Å². The highest BCUT2D eigenvalue weighted by Crippen LogP contribution is 2.28. The summed E-state index contributed by atoms with van der Waals surface area (Å²) in [4.78, 5) is 12.6. The van der Waals surface area contributed by atoms with Crippen LogP contribution in [0.3, 0.4) is 0 Å². The normalized spacial score (nSPS) is 12.3. The van der Waals surface area contributed by atoms with E-state index in [9.17, 15) is 25.2 Å². The average molecular weight is 440 g/mol. The number of ether oxygens (including phenoxy) is 2. The number of methoxy groups -OCH3 is 2. The molecule has 4 N–H and O–H groups in total. The SMILES string of the molecule is COc1ccc(/C=C/C(O)=C(\CCO)C(=O)/C=C/c2ccc(CO)c(CO)c2)cc1OC. The highest BCUT2D eigenvalue weighted by atomic mass is 16.5. The topological polar surface area (TPSA) is 116 Å². The van der Waals surface area contributed by atoms with Crippen molar-refractivity contribution in [3.8, 4) is 11.5 Å². The molecule has 170 valence electrons. The molecule has 0 aliphatic carbocycles. The second kappa shape index (κ2) is 12.5. The first kappa shape index (κ1) is 24.9. The summed E-state index contributed by atoms with van der Waals surface area (Å²) in [5.41, 5.74) is 2.61. The van der Waals surface area contributed by atoms with Crippen molar-refractivity contribution < 1.29 is 34.7 Å². The number of allylic oxidation sites excluding steroid dienone is 2. The Bertz CT molecular complexity index is 1020. The number of aliphatic hydroxyl groups excluding tert-OH is 4. The minimum atomic E-state index is -0.453. The van der Waals surface area contributed by atoms with Crippen LogP contribution in [0.2, 0.25) is 0 Å². The van der Waals surface area contributed by atoms with E-state index < -0.39 is 5.78 Å². The van der Waals surface area contributed by atoms with E-state index in [1.165, 1.54) is 26.4 Å². The quantitative estimate of drug-likeness (QED) is 0.241. The third-order valence-corrected chi connectivity index (χ3v) is 4.81. The lowest BCUT2D eigenvalue weighted by atomic mass is 10.0. The molecule has 7 heteroatoms. The maximum atomic E-state index is 12.6. The fourth-order valence-corrected chi connectivity index (χ4v) is 3.04. The fourth-order valence-electron chi connectivity index (χ4n) is 3.04. The molecule has 0 heterocycles. The Morgan fingerprint density at radius 3 is 2.09 bits per heavy atom. The van der Waals surface area contributed by atoms with Gasteiger partial charge in [-0.2, -0.15) is 0 Å². The van der Waals surface area contributed by atoms with Crippen LogP contribution in [0.1, 0.15) is 28.7 Å². The Hall–Kier alpha value is -3.39. The first-order valence-electron chi connectivity index (χ1n) is 9.96. The number of carbonyl (C=O) groups excluding carboxylic acids is 1. The lowest BCUT2D eigenvalue weighted by Crippen LogP contribution is -2.04. The summed E-state index contributed by atoms with van der Waals surface area (Å²) in [6.07, 6.45) is 5.83. The van der Waals surface area contributed by atoms with E-state index in [1.807, 2.05) is 0 Å². The minimum Gasteiger partial charge on any atom is -0.508 e. The van der Waals surface area contributed by atoms with Crippen molar-refractivity contribution in [1.82, 2.24) is 0 Å². The zero-order chi connectivity index (χ0) is 23.5. The highest BCUT2D eigenvalue weighted by Gasteiger charge is 2.11. The van der Waals surface area contributed by atoms with Crippen LogP contribution in [-0.4, -0.2) is 47.0 Å². The third-order valence-electron chi connectivity index (χ3n) is 4.81. The van der Waals surface area contributed by atoms with Crippen LogP contribution >= 0.6 is 0 Å². The lowest BCUT2D eigenvalue weighted by molar-refractivity contribution is -0.111. The van der Waals surface area contributed by atoms with E-state index in [0.29, 0.717) is 28.2 Å². The molecule has 0 saturated heterocycles. The van der Waals surface area contributed by atoms with Gasteiger partial charge < -0.3 is 29.9 Å². The first-order chi connectivity index (χ1) is 15.5. The molecule has 0 bridgehead atoms. The molecule has 0 radical (unpaired) electrons. The maximum absolute atomic E-state index is 12.6. The standard InChI is InChI=1S/C25H28O7/c1-31-24-10-6-18(14-25(24)32-2)5-9-23(30)21(11-12-26)22(29)8-4-17-3-7-19(15-27)20(13-17)16-28/h3-10,13-14,26-28,30H,11-12,15-16H2,1-2H3/b8-4+,9-5+,23-21-. The molecule has 0 atom stereocenters. The zero-order valence-corrected chi connectivity index (χ0v) is 18.1. The van der Waals surface area contributed by atoms with Crippen LogP contribution < -0.4 is 9.47 Å². The number of benzene rings is 2. The highest BCUT2D eigenvalue weighted by molar-refractivity contribution is 6.07. The van der Waals surface area contributed by atoms with Gasteiger partial charge in [0.05, 0.1) is 27.4 Å². The summed E-state index contributed by atoms with van der Waals surface area (Å²) in [6.45, 7) is -0.728. The van der Waals surface area contributed by atoms with E-state index in [2.05, 4.69) is 0 Å². The second-order valence-corrected chi connectivity index (χ2v) is 6.83. The van der Waals surface area contributed by atoms with Gasteiger partial charge >= 0.3 is 0 Å². The summed E-state index contributed by atoms with van der Waals surface area (Å²) in [5, 5.41) is 38.5. The van der Waals surface area contributed by atoms with Crippen LogP contribution in [0.25, 0.3) is 12.2 Å². The van der Waals surface area contributed by atoms with Crippen LogP contribution in [0.5, 0.6) is 11.5 Å². The van der Waals surface area contributed by atoms with Crippen molar-refractivity contribution in [3.05, 3.63) is 82.1 Å². The van der Waals surface area contributed by atoms with E-state index in [-0.39, 0.29) is 37.6 Å². The number of ketones is 1. The lowest BCUT2D eigenvalue weighted by Gasteiger charge is -2.08. The van der Waals surface area contributed by atoms with Gasteiger partial charge in [0.15, 0.2) is 17.3 Å². The Labute approximate surface area is 187 Å². The van der Waals surface area contributed by atoms with Gasteiger partial charge in [0.2, 0.25) is 0 Å². The molecule has 0 spiro atoms. The molecule has 0 amide bonds. The van der Waals surface area contributed by atoms with Gasteiger partial charge in [-0.15, -0.1) is 0 Å². The molecule has 0 aliphatic rings. The van der Waals surface area contributed by atoms with Crippen LogP contribution in [0.4, 0.5) is 0 Å². The molecule has 0 saturated carbocycles. The number of carbonyl (C=O) groups is 1. The molecule has 0 unspecified atom stereocenters. The monoisotopic (exact) mass is 440 g/mol. The van der Waals surface area contributed by atoms with Gasteiger partial charge in [0.25, 0.3) is 0 Å². The van der Waals surface area contributed by atoms with E-state index in [0.717, 1.165) is 5.56 Å². The van der Waals surface area contributed by atoms with Crippen molar-refractivity contribution in [2.75, 3.05) is 20.8 Å². The number of hydrogen-bond donors (Lipinski definition) is 4. The molecule has 2 aromatic rings. The first-order valence-corrected chi connectivity index (χ1v) is 9.96. The zero-order valence-electron chi connectivity index (χ0n) is 18.1. The molecule has 0 aromatic heterocycles. The smallest absolute Gasteiger partial charge is 0.185 e. The summed E-state index contributed by atoms with van der Waals surface area (Å²) < 4.78 is 10.4. The average Bonchev–Trinajstić information content (AvgIpc) is 2.83. The summed E-state index contributed by atoms with van der Waals surface area (Å²) in [6, 6.07) is 10.3. The number of aliphatic hydroxyl groups is 4. The predicted molar refractivity (Wildman–Crippen MR) is 122 cm³/mol. The molecule has 7 nitrogen and oxygen atoms in total. The van der Waals surface area contributed by atoms with Crippen LogP contribution in [0, 0.1) is 0 Å². The molecule has 2 aromatic carbocycles. The van der Waals surface area contributed by atoms with E-state index in [1.54, 1.807) is 48.6 Å². The van der Waals surface area contributed by atoms with Gasteiger partial charge in [0.1, 0.15) is 5.76 Å². The third kappa shape index (κ3) is 6.55. The number of hydrogen-bond acceptors (Lipinski definition) is 7. The summed E-state index contributed by atoms with van der Waals surface area (Å²) >= 11 is 0. The fraction of sp³-hybridized carbons (Fsp3) is 0.240. The maximum Gasteiger partial charge on any atom is 0.185 e. The molecule has 2 rings (SSSR count). The van der Waals surface area contributed by atoms with Crippen molar-refractivity contribution in [1.29, 1.82) is 0 Å². The Morgan fingerprint density at radius 1 is 0.844 bits per heavy atom. The van der Waals surface area contributed by atoms with Crippen molar-refractivity contribution in [2.24, 2.45) is 0 Å². The molecular formula is C25H28O7. The minimum absolute atomic E-state index is 0.0172. The number of rotatable bonds is 11. The van der Waals surface area contributed by atoms with Crippen LogP contribution in [-0.2, 0) is 18.0 Å². The van der Waals surface area contributed by atoms with Gasteiger partial charge in [0, 0.05) is 18.6 Å². The Kier molecular flexibility index (Phi) is 9.69. The van der Waals surface area contributed by atoms with Crippen molar-refractivity contribution in [3.63, 3.8) is 0 Å². The second-order valence-electron chi connectivity index (χ2n) is 6.83. The predicted octanol–water partition coefficient (Wildman–Crippen LogP) is 3.18. The van der Waals surface area contributed by atoms with Crippen molar-refractivity contribution in [2.45, 2.75) is 19.6 Å². The van der Waals surface area contributed by atoms with Gasteiger partial charge in [-0.3, -0.25) is 4.79 Å².